The number of hydrogen-bond acceptors (Lipinski definition) is 5. The molecule has 1 fully saturated rings. The second-order valence-corrected chi connectivity index (χ2v) is 3.62. The van der Waals surface area contributed by atoms with Crippen molar-refractivity contribution in [3.8, 4) is 0 Å². The first-order chi connectivity index (χ1) is 7.75. The lowest BCUT2D eigenvalue weighted by atomic mass is 10.2. The summed E-state index contributed by atoms with van der Waals surface area (Å²) in [4.78, 5) is 20.6. The monoisotopic (exact) mass is 223 g/mol. The van der Waals surface area contributed by atoms with E-state index in [4.69, 9.17) is 9.84 Å². The molecule has 2 rings (SSSR count). The average Bonchev–Trinajstić information content (AvgIpc) is 2.30. The number of aliphatic carboxylic acids is 1. The maximum Gasteiger partial charge on any atom is 0.317 e. The van der Waals surface area contributed by atoms with Crippen LogP contribution >= 0.6 is 0 Å². The largest absolute Gasteiger partial charge is 0.480 e. The summed E-state index contributed by atoms with van der Waals surface area (Å²) < 4.78 is 5.54. The molecule has 0 radical (unpaired) electrons. The molecule has 1 N–H and O–H groups in total. The molecule has 0 amide bonds. The number of carbonyl (C=O) groups is 1. The second-order valence-electron chi connectivity index (χ2n) is 3.62. The molecule has 1 atom stereocenters. The van der Waals surface area contributed by atoms with Gasteiger partial charge in [0, 0.05) is 25.5 Å². The van der Waals surface area contributed by atoms with Crippen molar-refractivity contribution >= 4 is 5.97 Å². The second kappa shape index (κ2) is 5.00. The van der Waals surface area contributed by atoms with E-state index in [1.165, 1.54) is 0 Å². The molecule has 1 aliphatic rings. The summed E-state index contributed by atoms with van der Waals surface area (Å²) in [5, 5.41) is 8.71. The lowest BCUT2D eigenvalue weighted by molar-refractivity contribution is -0.140. The van der Waals surface area contributed by atoms with Crippen LogP contribution in [0.4, 0.5) is 0 Å². The summed E-state index contributed by atoms with van der Waals surface area (Å²) in [5.41, 5.74) is 0.748. The predicted molar refractivity (Wildman–Crippen MR) is 54.8 cm³/mol. The molecule has 0 bridgehead atoms. The minimum atomic E-state index is -0.820. The number of carboxylic acid groups (broad SMARTS) is 1. The molecule has 0 saturated carbocycles. The van der Waals surface area contributed by atoms with E-state index >= 15 is 0 Å². The molecular weight excluding hydrogens is 210 g/mol. The van der Waals surface area contributed by atoms with Crippen LogP contribution in [0.1, 0.15) is 11.8 Å². The Kier molecular flexibility index (Phi) is 3.43. The number of hydrogen-bond donors (Lipinski definition) is 1. The van der Waals surface area contributed by atoms with Crippen molar-refractivity contribution in [2.75, 3.05) is 26.2 Å². The van der Waals surface area contributed by atoms with Crippen LogP contribution in [0.2, 0.25) is 0 Å². The zero-order valence-corrected chi connectivity index (χ0v) is 8.74. The highest BCUT2D eigenvalue weighted by Gasteiger charge is 2.24. The molecule has 16 heavy (non-hydrogen) atoms. The van der Waals surface area contributed by atoms with Crippen molar-refractivity contribution in [2.24, 2.45) is 0 Å². The number of aromatic nitrogens is 2. The molecule has 1 aromatic rings. The van der Waals surface area contributed by atoms with Crippen molar-refractivity contribution in [2.45, 2.75) is 6.10 Å². The van der Waals surface area contributed by atoms with Gasteiger partial charge in [0.1, 0.15) is 6.10 Å². The highest BCUT2D eigenvalue weighted by atomic mass is 16.5. The third-order valence-corrected chi connectivity index (χ3v) is 2.42. The zero-order valence-electron chi connectivity index (χ0n) is 8.74. The van der Waals surface area contributed by atoms with Crippen molar-refractivity contribution in [1.82, 2.24) is 14.9 Å². The number of carboxylic acids is 1. The van der Waals surface area contributed by atoms with Gasteiger partial charge in [0.05, 0.1) is 25.0 Å². The molecule has 1 aliphatic heterocycles. The molecule has 0 aliphatic carbocycles. The fourth-order valence-corrected chi connectivity index (χ4v) is 1.69. The molecule has 0 aromatic carbocycles. The Morgan fingerprint density at radius 2 is 2.50 bits per heavy atom. The van der Waals surface area contributed by atoms with Gasteiger partial charge in [0.15, 0.2) is 0 Å². The van der Waals surface area contributed by atoms with Gasteiger partial charge in [-0.15, -0.1) is 0 Å². The Hall–Kier alpha value is -1.53. The third-order valence-electron chi connectivity index (χ3n) is 2.42. The number of morpholine rings is 1. The summed E-state index contributed by atoms with van der Waals surface area (Å²) >= 11 is 0. The van der Waals surface area contributed by atoms with E-state index in [9.17, 15) is 4.79 Å². The summed E-state index contributed by atoms with van der Waals surface area (Å²) in [7, 11) is 0. The van der Waals surface area contributed by atoms with Gasteiger partial charge in [-0.3, -0.25) is 19.7 Å². The Labute approximate surface area is 92.9 Å². The van der Waals surface area contributed by atoms with Crippen LogP contribution < -0.4 is 0 Å². The van der Waals surface area contributed by atoms with E-state index in [1.807, 2.05) is 4.90 Å². The van der Waals surface area contributed by atoms with Crippen LogP contribution in [0.3, 0.4) is 0 Å². The fourth-order valence-electron chi connectivity index (χ4n) is 1.69. The Morgan fingerprint density at radius 3 is 3.19 bits per heavy atom. The first kappa shape index (κ1) is 11.0. The van der Waals surface area contributed by atoms with E-state index in [0.29, 0.717) is 19.7 Å². The van der Waals surface area contributed by atoms with Crippen LogP contribution in [-0.4, -0.2) is 52.2 Å². The summed E-state index contributed by atoms with van der Waals surface area (Å²) in [6.45, 7) is 1.75. The molecule has 0 spiro atoms. The van der Waals surface area contributed by atoms with Gasteiger partial charge in [-0.05, 0) is 0 Å². The van der Waals surface area contributed by atoms with E-state index in [0.717, 1.165) is 5.69 Å². The van der Waals surface area contributed by atoms with E-state index in [2.05, 4.69) is 9.97 Å². The predicted octanol–water partition coefficient (Wildman–Crippen LogP) is -0.0655. The molecule has 6 heteroatoms. The van der Waals surface area contributed by atoms with Gasteiger partial charge in [0.2, 0.25) is 0 Å². The van der Waals surface area contributed by atoms with Crippen molar-refractivity contribution in [3.05, 3.63) is 24.3 Å². The smallest absolute Gasteiger partial charge is 0.317 e. The molecule has 86 valence electrons. The number of nitrogens with zero attached hydrogens (tertiary/aromatic N) is 3. The third kappa shape index (κ3) is 2.74. The van der Waals surface area contributed by atoms with Gasteiger partial charge in [0.25, 0.3) is 0 Å². The topological polar surface area (TPSA) is 75.5 Å². The van der Waals surface area contributed by atoms with Gasteiger partial charge >= 0.3 is 5.97 Å². The molecule has 6 nitrogen and oxygen atoms in total. The average molecular weight is 223 g/mol. The first-order valence-corrected chi connectivity index (χ1v) is 5.07. The highest BCUT2D eigenvalue weighted by molar-refractivity contribution is 5.69. The van der Waals surface area contributed by atoms with Crippen LogP contribution in [0, 0.1) is 0 Å². The van der Waals surface area contributed by atoms with Gasteiger partial charge in [-0.2, -0.15) is 0 Å². The van der Waals surface area contributed by atoms with Crippen LogP contribution in [0.25, 0.3) is 0 Å². The molecule has 2 heterocycles. The minimum absolute atomic E-state index is 0.0418. The standard InChI is InChI=1S/C10H13N3O3/c14-10(15)7-13-3-4-16-9(6-13)8-5-11-1-2-12-8/h1-2,5,9H,3-4,6-7H2,(H,14,15)/t9-/m0/s1. The van der Waals surface area contributed by atoms with Crippen LogP contribution in [0.15, 0.2) is 18.6 Å². The lowest BCUT2D eigenvalue weighted by Crippen LogP contribution is -2.41. The summed E-state index contributed by atoms with van der Waals surface area (Å²) in [6.07, 6.45) is 4.67. The SMILES string of the molecule is O=C(O)CN1CCO[C@H](c2cnccn2)C1. The Balaban J connectivity index is 1.99. The highest BCUT2D eigenvalue weighted by Crippen LogP contribution is 2.18. The Bertz CT molecular complexity index is 358. The van der Waals surface area contributed by atoms with Gasteiger partial charge < -0.3 is 9.84 Å². The minimum Gasteiger partial charge on any atom is -0.480 e. The zero-order chi connectivity index (χ0) is 11.4. The number of ether oxygens (including phenoxy) is 1. The molecule has 1 aromatic heterocycles. The quantitative estimate of drug-likeness (QED) is 0.773. The normalized spacial score (nSPS) is 21.9. The maximum absolute atomic E-state index is 10.6. The molecule has 1 saturated heterocycles. The van der Waals surface area contributed by atoms with E-state index in [1.54, 1.807) is 18.6 Å². The molecule has 0 unspecified atom stereocenters. The van der Waals surface area contributed by atoms with E-state index < -0.39 is 5.97 Å². The first-order valence-electron chi connectivity index (χ1n) is 5.07. The van der Waals surface area contributed by atoms with Crippen molar-refractivity contribution < 1.29 is 14.6 Å². The lowest BCUT2D eigenvalue weighted by Gasteiger charge is -2.31. The maximum atomic E-state index is 10.6. The van der Waals surface area contributed by atoms with Crippen molar-refractivity contribution in [1.29, 1.82) is 0 Å². The van der Waals surface area contributed by atoms with Crippen LogP contribution in [0.5, 0.6) is 0 Å². The summed E-state index contributed by atoms with van der Waals surface area (Å²) in [6, 6.07) is 0. The van der Waals surface area contributed by atoms with Gasteiger partial charge in [-0.25, -0.2) is 0 Å². The van der Waals surface area contributed by atoms with Crippen LogP contribution in [-0.2, 0) is 9.53 Å². The van der Waals surface area contributed by atoms with E-state index in [-0.39, 0.29) is 12.6 Å². The van der Waals surface area contributed by atoms with Gasteiger partial charge in [-0.1, -0.05) is 0 Å². The Morgan fingerprint density at radius 1 is 1.62 bits per heavy atom. The summed E-state index contributed by atoms with van der Waals surface area (Å²) in [5.74, 6) is -0.820. The van der Waals surface area contributed by atoms with Crippen molar-refractivity contribution in [3.63, 3.8) is 0 Å². The fraction of sp³-hybridized carbons (Fsp3) is 0.500. The molecular formula is C10H13N3O3. The number of rotatable bonds is 3.